The first-order valence-electron chi connectivity index (χ1n) is 9.18. The van der Waals surface area contributed by atoms with Crippen molar-refractivity contribution in [2.45, 2.75) is 40.5 Å². The maximum absolute atomic E-state index is 12.7. The zero-order valence-corrected chi connectivity index (χ0v) is 16.9. The minimum atomic E-state index is -0.541. The van der Waals surface area contributed by atoms with E-state index in [9.17, 15) is 4.79 Å². The molecule has 0 atom stereocenters. The number of anilines is 2. The van der Waals surface area contributed by atoms with Crippen molar-refractivity contribution in [2.75, 3.05) is 24.8 Å². The number of carbonyl (C=O) groups is 1. The second-order valence-electron chi connectivity index (χ2n) is 7.52. The van der Waals surface area contributed by atoms with E-state index < -0.39 is 5.41 Å². The number of ether oxygens (including phenoxy) is 2. The van der Waals surface area contributed by atoms with E-state index in [0.29, 0.717) is 30.2 Å². The van der Waals surface area contributed by atoms with E-state index in [-0.39, 0.29) is 5.91 Å². The van der Waals surface area contributed by atoms with Gasteiger partial charge in [0.25, 0.3) is 0 Å². The highest BCUT2D eigenvalue weighted by Gasteiger charge is 2.28. The molecule has 0 unspecified atom stereocenters. The summed E-state index contributed by atoms with van der Waals surface area (Å²) in [6, 6.07) is 11.4. The van der Waals surface area contributed by atoms with Crippen LogP contribution in [0, 0.1) is 19.3 Å². The van der Waals surface area contributed by atoms with Crippen LogP contribution in [0.2, 0.25) is 0 Å². The van der Waals surface area contributed by atoms with E-state index in [0.717, 1.165) is 17.7 Å². The van der Waals surface area contributed by atoms with E-state index in [1.165, 1.54) is 5.56 Å². The van der Waals surface area contributed by atoms with Crippen LogP contribution in [0.1, 0.15) is 37.8 Å². The molecule has 1 amide bonds. The fourth-order valence-corrected chi connectivity index (χ4v) is 2.79. The Kier molecular flexibility index (Phi) is 6.72. The predicted octanol–water partition coefficient (Wildman–Crippen LogP) is 4.72. The summed E-state index contributed by atoms with van der Waals surface area (Å²) in [4.78, 5) is 12.7. The lowest BCUT2D eigenvalue weighted by molar-refractivity contribution is -0.124. The normalized spacial score (nSPS) is 11.1. The zero-order valence-electron chi connectivity index (χ0n) is 16.9. The van der Waals surface area contributed by atoms with Gasteiger partial charge >= 0.3 is 0 Å². The topological polar surface area (TPSA) is 73.6 Å². The second-order valence-corrected chi connectivity index (χ2v) is 7.52. The minimum absolute atomic E-state index is 0.0712. The van der Waals surface area contributed by atoms with Crippen molar-refractivity contribution < 1.29 is 14.3 Å². The molecule has 0 saturated heterocycles. The molecule has 5 heteroatoms. The van der Waals surface area contributed by atoms with Crippen LogP contribution in [0.4, 0.5) is 11.4 Å². The van der Waals surface area contributed by atoms with Gasteiger partial charge in [-0.2, -0.15) is 0 Å². The van der Waals surface area contributed by atoms with Gasteiger partial charge in [-0.25, -0.2) is 0 Å². The van der Waals surface area contributed by atoms with Crippen LogP contribution in [0.25, 0.3) is 0 Å². The van der Waals surface area contributed by atoms with Gasteiger partial charge < -0.3 is 20.5 Å². The lowest BCUT2D eigenvalue weighted by atomic mass is 9.87. The van der Waals surface area contributed by atoms with Gasteiger partial charge in [0.2, 0.25) is 5.91 Å². The van der Waals surface area contributed by atoms with Crippen molar-refractivity contribution in [3.8, 4) is 11.5 Å². The summed E-state index contributed by atoms with van der Waals surface area (Å²) >= 11 is 0. The van der Waals surface area contributed by atoms with Crippen molar-refractivity contribution in [1.82, 2.24) is 0 Å². The quantitative estimate of drug-likeness (QED) is 0.521. The Labute approximate surface area is 161 Å². The van der Waals surface area contributed by atoms with Crippen molar-refractivity contribution in [3.63, 3.8) is 0 Å². The van der Waals surface area contributed by atoms with E-state index >= 15 is 0 Å². The van der Waals surface area contributed by atoms with Gasteiger partial charge in [0.1, 0.15) is 11.5 Å². The van der Waals surface area contributed by atoms with E-state index in [1.807, 2.05) is 33.8 Å². The van der Waals surface area contributed by atoms with Crippen LogP contribution in [0.15, 0.2) is 36.4 Å². The molecule has 2 aromatic carbocycles. The van der Waals surface area contributed by atoms with Gasteiger partial charge in [-0.3, -0.25) is 4.79 Å². The van der Waals surface area contributed by atoms with Gasteiger partial charge in [0, 0.05) is 11.1 Å². The lowest BCUT2D eigenvalue weighted by Crippen LogP contribution is -2.31. The Hall–Kier alpha value is -2.69. The number of nitrogen functional groups attached to an aromatic ring is 1. The second kappa shape index (κ2) is 8.80. The lowest BCUT2D eigenvalue weighted by Gasteiger charge is -2.24. The molecule has 0 heterocycles. The van der Waals surface area contributed by atoms with Gasteiger partial charge in [0.05, 0.1) is 19.4 Å². The molecule has 2 aromatic rings. The molecule has 3 N–H and O–H groups in total. The Morgan fingerprint density at radius 1 is 1.11 bits per heavy atom. The molecular formula is C22H30N2O3. The molecule has 0 bridgehead atoms. The molecule has 0 aromatic heterocycles. The van der Waals surface area contributed by atoms with Gasteiger partial charge in [-0.1, -0.05) is 26.0 Å². The Morgan fingerprint density at radius 2 is 1.85 bits per heavy atom. The van der Waals surface area contributed by atoms with Crippen LogP contribution in [-0.4, -0.2) is 19.6 Å². The van der Waals surface area contributed by atoms with Crippen molar-refractivity contribution in [3.05, 3.63) is 47.5 Å². The van der Waals surface area contributed by atoms with Crippen molar-refractivity contribution >= 4 is 17.3 Å². The Balaban J connectivity index is 1.91. The molecule has 2 rings (SSSR count). The van der Waals surface area contributed by atoms with Crippen LogP contribution < -0.4 is 20.5 Å². The third-order valence-corrected chi connectivity index (χ3v) is 4.63. The van der Waals surface area contributed by atoms with Crippen LogP contribution in [-0.2, 0) is 4.79 Å². The summed E-state index contributed by atoms with van der Waals surface area (Å²) in [5, 5.41) is 2.93. The number of hydrogen-bond donors (Lipinski definition) is 2. The first kappa shape index (κ1) is 20.6. The summed E-state index contributed by atoms with van der Waals surface area (Å²) in [7, 11) is 1.57. The highest BCUT2D eigenvalue weighted by molar-refractivity contribution is 5.96. The smallest absolute Gasteiger partial charge is 0.230 e. The number of aryl methyl sites for hydroxylation is 2. The van der Waals surface area contributed by atoms with Crippen molar-refractivity contribution in [1.29, 1.82) is 0 Å². The molecule has 0 radical (unpaired) electrons. The average Bonchev–Trinajstić information content (AvgIpc) is 2.61. The molecule has 0 saturated carbocycles. The first-order chi connectivity index (χ1) is 12.7. The largest absolute Gasteiger partial charge is 0.495 e. The summed E-state index contributed by atoms with van der Waals surface area (Å²) in [5.41, 5.74) is 8.73. The molecule has 5 nitrogen and oxygen atoms in total. The number of methoxy groups -OCH3 is 1. The number of nitrogens with two attached hydrogens (primary N) is 1. The zero-order chi connectivity index (χ0) is 20.0. The highest BCUT2D eigenvalue weighted by atomic mass is 16.5. The van der Waals surface area contributed by atoms with Crippen LogP contribution in [0.5, 0.6) is 11.5 Å². The average molecular weight is 370 g/mol. The van der Waals surface area contributed by atoms with E-state index in [1.54, 1.807) is 25.3 Å². The maximum Gasteiger partial charge on any atom is 0.230 e. The molecule has 0 aliphatic heterocycles. The Morgan fingerprint density at radius 3 is 2.56 bits per heavy atom. The summed E-state index contributed by atoms with van der Waals surface area (Å²) < 4.78 is 11.2. The monoisotopic (exact) mass is 370 g/mol. The van der Waals surface area contributed by atoms with Crippen LogP contribution >= 0.6 is 0 Å². The van der Waals surface area contributed by atoms with Gasteiger partial charge in [0.15, 0.2) is 0 Å². The minimum Gasteiger partial charge on any atom is -0.495 e. The molecule has 146 valence electrons. The summed E-state index contributed by atoms with van der Waals surface area (Å²) in [5.74, 6) is 1.42. The third kappa shape index (κ3) is 5.64. The van der Waals surface area contributed by atoms with Gasteiger partial charge in [-0.05, 0) is 62.1 Å². The standard InChI is InChI=1S/C22H30N2O3/c1-15-7-8-16(2)20(13-15)27-12-6-11-22(3,4)21(25)24-18-14-17(23)9-10-19(18)26-5/h7-10,13-14H,6,11-12,23H2,1-5H3,(H,24,25). The number of nitrogens with one attached hydrogen (secondary N) is 1. The Bertz CT molecular complexity index is 800. The fraction of sp³-hybridized carbons (Fsp3) is 0.409. The number of hydrogen-bond acceptors (Lipinski definition) is 4. The number of benzene rings is 2. The van der Waals surface area contributed by atoms with E-state index in [4.69, 9.17) is 15.2 Å². The first-order valence-corrected chi connectivity index (χ1v) is 9.18. The predicted molar refractivity (Wildman–Crippen MR) is 110 cm³/mol. The number of amides is 1. The number of carbonyl (C=O) groups excluding carboxylic acids is 1. The van der Waals surface area contributed by atoms with Crippen LogP contribution in [0.3, 0.4) is 0 Å². The molecule has 0 fully saturated rings. The molecule has 27 heavy (non-hydrogen) atoms. The molecule has 0 aliphatic rings. The maximum atomic E-state index is 12.7. The summed E-state index contributed by atoms with van der Waals surface area (Å²) in [6.45, 7) is 8.51. The highest BCUT2D eigenvalue weighted by Crippen LogP contribution is 2.30. The third-order valence-electron chi connectivity index (χ3n) is 4.63. The van der Waals surface area contributed by atoms with Gasteiger partial charge in [-0.15, -0.1) is 0 Å². The molecular weight excluding hydrogens is 340 g/mol. The fourth-order valence-electron chi connectivity index (χ4n) is 2.79. The van der Waals surface area contributed by atoms with Crippen molar-refractivity contribution in [2.24, 2.45) is 5.41 Å². The van der Waals surface area contributed by atoms with E-state index in [2.05, 4.69) is 17.4 Å². The molecule has 0 spiro atoms. The molecule has 0 aliphatic carbocycles. The number of rotatable bonds is 8. The summed E-state index contributed by atoms with van der Waals surface area (Å²) in [6.07, 6.45) is 1.48. The SMILES string of the molecule is COc1ccc(N)cc1NC(=O)C(C)(C)CCCOc1cc(C)ccc1C.